The molecule has 0 saturated heterocycles. The predicted octanol–water partition coefficient (Wildman–Crippen LogP) is 1.04. The maximum Gasteiger partial charge on any atom is 0.313 e. The number of amides is 2. The molecule has 110 valence electrons. The van der Waals surface area contributed by atoms with Crippen molar-refractivity contribution >= 4 is 29.1 Å². The summed E-state index contributed by atoms with van der Waals surface area (Å²) in [4.78, 5) is 23.5. The van der Waals surface area contributed by atoms with Crippen molar-refractivity contribution < 1.29 is 14.7 Å². The summed E-state index contributed by atoms with van der Waals surface area (Å²) in [5.74, 6) is -1.68. The van der Waals surface area contributed by atoms with Crippen molar-refractivity contribution in [3.05, 3.63) is 28.8 Å². The maximum absolute atomic E-state index is 11.8. The quantitative estimate of drug-likeness (QED) is 0.723. The van der Waals surface area contributed by atoms with Gasteiger partial charge < -0.3 is 15.7 Å². The first kappa shape index (κ1) is 15.3. The molecule has 1 fully saturated rings. The smallest absolute Gasteiger partial charge is 0.313 e. The van der Waals surface area contributed by atoms with Crippen molar-refractivity contribution in [1.29, 1.82) is 5.26 Å². The number of aliphatic hydroxyl groups excluding tert-OH is 1. The summed E-state index contributed by atoms with van der Waals surface area (Å²) in [7, 11) is 0. The number of hydrogen-bond donors (Lipinski definition) is 3. The first-order valence-electron chi connectivity index (χ1n) is 6.39. The molecule has 0 radical (unpaired) electrons. The molecule has 2 amide bonds. The SMILES string of the molecule is N#Cc1ccc(Cl)cc1NC(=O)C(=O)NCC1(CO)CC1. The van der Waals surface area contributed by atoms with Crippen LogP contribution >= 0.6 is 11.6 Å². The van der Waals surface area contributed by atoms with E-state index in [1.807, 2.05) is 6.07 Å². The molecule has 21 heavy (non-hydrogen) atoms. The average molecular weight is 308 g/mol. The number of carbonyl (C=O) groups is 2. The second-order valence-corrected chi connectivity index (χ2v) is 5.53. The Balaban J connectivity index is 1.96. The van der Waals surface area contributed by atoms with Gasteiger partial charge in [0.15, 0.2) is 0 Å². The van der Waals surface area contributed by atoms with Crippen molar-refractivity contribution in [2.24, 2.45) is 5.41 Å². The Morgan fingerprint density at radius 1 is 1.38 bits per heavy atom. The molecule has 3 N–H and O–H groups in total. The number of aliphatic hydroxyl groups is 1. The highest BCUT2D eigenvalue weighted by Gasteiger charge is 2.42. The van der Waals surface area contributed by atoms with E-state index in [4.69, 9.17) is 22.0 Å². The van der Waals surface area contributed by atoms with Gasteiger partial charge in [0.25, 0.3) is 0 Å². The van der Waals surface area contributed by atoms with Gasteiger partial charge in [0.05, 0.1) is 17.9 Å². The molecule has 0 aromatic heterocycles. The molecule has 0 aliphatic heterocycles. The van der Waals surface area contributed by atoms with E-state index < -0.39 is 11.8 Å². The van der Waals surface area contributed by atoms with Crippen LogP contribution in [0.15, 0.2) is 18.2 Å². The van der Waals surface area contributed by atoms with Crippen LogP contribution in [0.2, 0.25) is 5.02 Å². The van der Waals surface area contributed by atoms with Crippen molar-refractivity contribution in [2.45, 2.75) is 12.8 Å². The molecule has 2 rings (SSSR count). The fourth-order valence-corrected chi connectivity index (χ4v) is 1.98. The van der Waals surface area contributed by atoms with Crippen molar-refractivity contribution in [3.8, 4) is 6.07 Å². The van der Waals surface area contributed by atoms with Gasteiger partial charge >= 0.3 is 11.8 Å². The summed E-state index contributed by atoms with van der Waals surface area (Å²) in [5.41, 5.74) is 0.132. The number of rotatable bonds is 4. The lowest BCUT2D eigenvalue weighted by Crippen LogP contribution is -2.39. The summed E-state index contributed by atoms with van der Waals surface area (Å²) in [6, 6.07) is 6.29. The van der Waals surface area contributed by atoms with Crippen molar-refractivity contribution in [3.63, 3.8) is 0 Å². The number of nitrogens with one attached hydrogen (secondary N) is 2. The molecule has 1 aromatic rings. The number of nitriles is 1. The number of hydrogen-bond acceptors (Lipinski definition) is 4. The first-order chi connectivity index (χ1) is 9.99. The molecule has 0 unspecified atom stereocenters. The van der Waals surface area contributed by atoms with Crippen LogP contribution in [-0.2, 0) is 9.59 Å². The van der Waals surface area contributed by atoms with E-state index in [1.54, 1.807) is 0 Å². The average Bonchev–Trinajstić information content (AvgIpc) is 3.25. The number of benzene rings is 1. The van der Waals surface area contributed by atoms with Gasteiger partial charge in [-0.2, -0.15) is 5.26 Å². The van der Waals surface area contributed by atoms with Crippen molar-refractivity contribution in [2.75, 3.05) is 18.5 Å². The third kappa shape index (κ3) is 3.72. The van der Waals surface area contributed by atoms with Gasteiger partial charge in [0.2, 0.25) is 0 Å². The fourth-order valence-electron chi connectivity index (χ4n) is 1.81. The monoisotopic (exact) mass is 307 g/mol. The van der Waals surface area contributed by atoms with Gasteiger partial charge in [-0.3, -0.25) is 9.59 Å². The van der Waals surface area contributed by atoms with E-state index in [0.29, 0.717) is 5.02 Å². The van der Waals surface area contributed by atoms with Gasteiger partial charge in [-0.25, -0.2) is 0 Å². The summed E-state index contributed by atoms with van der Waals surface area (Å²) in [6.07, 6.45) is 1.66. The van der Waals surface area contributed by atoms with Crippen LogP contribution in [0.5, 0.6) is 0 Å². The topological polar surface area (TPSA) is 102 Å². The third-order valence-corrected chi connectivity index (χ3v) is 3.71. The Morgan fingerprint density at radius 3 is 2.67 bits per heavy atom. The van der Waals surface area contributed by atoms with Crippen LogP contribution in [-0.4, -0.2) is 30.1 Å². The highest BCUT2D eigenvalue weighted by atomic mass is 35.5. The van der Waals surface area contributed by atoms with Crippen LogP contribution < -0.4 is 10.6 Å². The molecule has 7 heteroatoms. The van der Waals surface area contributed by atoms with Gasteiger partial charge in [-0.05, 0) is 31.0 Å². The van der Waals surface area contributed by atoms with E-state index in [2.05, 4.69) is 10.6 Å². The van der Waals surface area contributed by atoms with E-state index in [-0.39, 0.29) is 29.8 Å². The van der Waals surface area contributed by atoms with Crippen LogP contribution in [0.4, 0.5) is 5.69 Å². The molecule has 0 atom stereocenters. The minimum atomic E-state index is -0.873. The van der Waals surface area contributed by atoms with E-state index in [0.717, 1.165) is 12.8 Å². The molecule has 0 spiro atoms. The number of halogens is 1. The summed E-state index contributed by atoms with van der Waals surface area (Å²) >= 11 is 5.80. The van der Waals surface area contributed by atoms with Crippen molar-refractivity contribution in [1.82, 2.24) is 5.32 Å². The second kappa shape index (κ2) is 6.12. The molecule has 6 nitrogen and oxygen atoms in total. The Kier molecular flexibility index (Phi) is 4.46. The van der Waals surface area contributed by atoms with Gasteiger partial charge in [-0.1, -0.05) is 11.6 Å². The van der Waals surface area contributed by atoms with E-state index >= 15 is 0 Å². The molecule has 1 saturated carbocycles. The normalized spacial score (nSPS) is 14.9. The summed E-state index contributed by atoms with van der Waals surface area (Å²) < 4.78 is 0. The lowest BCUT2D eigenvalue weighted by atomic mass is 10.1. The van der Waals surface area contributed by atoms with E-state index in [1.165, 1.54) is 18.2 Å². The molecule has 1 aromatic carbocycles. The van der Waals surface area contributed by atoms with Gasteiger partial charge in [0, 0.05) is 17.0 Å². The summed E-state index contributed by atoms with van der Waals surface area (Å²) in [5, 5.41) is 23.3. The zero-order valence-electron chi connectivity index (χ0n) is 11.1. The molecule has 0 heterocycles. The molecular weight excluding hydrogens is 294 g/mol. The summed E-state index contributed by atoms with van der Waals surface area (Å²) in [6.45, 7) is 0.248. The Morgan fingerprint density at radius 2 is 2.10 bits per heavy atom. The minimum Gasteiger partial charge on any atom is -0.396 e. The van der Waals surface area contributed by atoms with Crippen LogP contribution in [0.25, 0.3) is 0 Å². The minimum absolute atomic E-state index is 0.0121. The molecule has 1 aliphatic rings. The number of nitrogens with zero attached hydrogens (tertiary/aromatic N) is 1. The highest BCUT2D eigenvalue weighted by Crippen LogP contribution is 2.44. The highest BCUT2D eigenvalue weighted by molar-refractivity contribution is 6.40. The molecule has 0 bridgehead atoms. The lowest BCUT2D eigenvalue weighted by Gasteiger charge is -2.12. The Hall–Kier alpha value is -2.10. The molecular formula is C14H14ClN3O3. The number of anilines is 1. The second-order valence-electron chi connectivity index (χ2n) is 5.10. The van der Waals surface area contributed by atoms with Crippen LogP contribution in [0.1, 0.15) is 18.4 Å². The Bertz CT molecular complexity index is 620. The van der Waals surface area contributed by atoms with Crippen LogP contribution in [0, 0.1) is 16.7 Å². The lowest BCUT2D eigenvalue weighted by molar-refractivity contribution is -0.136. The predicted molar refractivity (Wildman–Crippen MR) is 76.6 cm³/mol. The Labute approximate surface area is 126 Å². The van der Waals surface area contributed by atoms with Crippen LogP contribution in [0.3, 0.4) is 0 Å². The fraction of sp³-hybridized carbons (Fsp3) is 0.357. The third-order valence-electron chi connectivity index (χ3n) is 3.47. The number of carbonyl (C=O) groups excluding carboxylic acids is 2. The van der Waals surface area contributed by atoms with Gasteiger partial charge in [0.1, 0.15) is 6.07 Å². The maximum atomic E-state index is 11.8. The zero-order chi connectivity index (χ0) is 15.5. The largest absolute Gasteiger partial charge is 0.396 e. The zero-order valence-corrected chi connectivity index (χ0v) is 11.9. The molecule has 1 aliphatic carbocycles. The standard InChI is InChI=1S/C14H14ClN3O3/c15-10-2-1-9(6-16)11(5-10)18-13(21)12(20)17-7-14(8-19)3-4-14/h1-2,5,19H,3-4,7-8H2,(H,17,20)(H,18,21). The van der Waals surface area contributed by atoms with Gasteiger partial charge in [-0.15, -0.1) is 0 Å². The first-order valence-corrected chi connectivity index (χ1v) is 6.77. The van der Waals surface area contributed by atoms with E-state index in [9.17, 15) is 9.59 Å².